The highest BCUT2D eigenvalue weighted by Crippen LogP contribution is 2.29. The van der Waals surface area contributed by atoms with Crippen LogP contribution in [0, 0.1) is 11.3 Å². The van der Waals surface area contributed by atoms with Gasteiger partial charge in [-0.1, -0.05) is 0 Å². The molecular formula is C22H25N7O2. The number of hydrogen-bond donors (Lipinski definition) is 1. The number of amides is 1. The fraction of sp³-hybridized carbons (Fsp3) is 0.455. The Kier molecular flexibility index (Phi) is 6.48. The van der Waals surface area contributed by atoms with Crippen LogP contribution >= 0.6 is 0 Å². The van der Waals surface area contributed by atoms with Crippen molar-refractivity contribution < 1.29 is 9.21 Å². The fourth-order valence-corrected chi connectivity index (χ4v) is 3.85. The summed E-state index contributed by atoms with van der Waals surface area (Å²) in [5, 5.41) is 8.76. The molecule has 0 aromatic carbocycles. The Bertz CT molecular complexity index is 1050. The van der Waals surface area contributed by atoms with Gasteiger partial charge >= 0.3 is 0 Å². The second-order valence-corrected chi connectivity index (χ2v) is 7.62. The lowest BCUT2D eigenvalue weighted by Crippen LogP contribution is -2.35. The predicted molar refractivity (Wildman–Crippen MR) is 116 cm³/mol. The number of hydrogen-bond acceptors (Lipinski definition) is 8. The van der Waals surface area contributed by atoms with E-state index in [2.05, 4.69) is 20.0 Å². The summed E-state index contributed by atoms with van der Waals surface area (Å²) >= 11 is 0. The summed E-state index contributed by atoms with van der Waals surface area (Å²) in [6, 6.07) is 5.63. The predicted octanol–water partition coefficient (Wildman–Crippen LogP) is 2.58. The van der Waals surface area contributed by atoms with E-state index in [1.54, 1.807) is 17.2 Å². The Labute approximate surface area is 180 Å². The summed E-state index contributed by atoms with van der Waals surface area (Å²) in [6.07, 6.45) is 5.74. The van der Waals surface area contributed by atoms with Crippen molar-refractivity contribution in [3.8, 4) is 17.5 Å². The number of rotatable bonds is 5. The number of aromatic nitrogens is 2. The molecule has 31 heavy (non-hydrogen) atoms. The highest BCUT2D eigenvalue weighted by Gasteiger charge is 2.24. The lowest BCUT2D eigenvalue weighted by molar-refractivity contribution is -0.131. The van der Waals surface area contributed by atoms with Gasteiger partial charge in [0, 0.05) is 49.2 Å². The molecule has 1 aliphatic heterocycles. The Morgan fingerprint density at radius 2 is 2.06 bits per heavy atom. The zero-order valence-corrected chi connectivity index (χ0v) is 17.4. The van der Waals surface area contributed by atoms with Gasteiger partial charge in [-0.05, 0) is 37.8 Å². The maximum absolute atomic E-state index is 12.0. The average Bonchev–Trinajstić information content (AvgIpc) is 3.22. The summed E-state index contributed by atoms with van der Waals surface area (Å²) in [4.78, 5) is 31.7. The zero-order valence-electron chi connectivity index (χ0n) is 17.4. The topological polar surface area (TPSA) is 134 Å². The Balaban J connectivity index is 1.46. The van der Waals surface area contributed by atoms with Crippen molar-refractivity contribution in [3.63, 3.8) is 0 Å². The maximum atomic E-state index is 12.0. The number of nitrogens with two attached hydrogens (primary N) is 1. The molecule has 9 heteroatoms. The van der Waals surface area contributed by atoms with E-state index >= 15 is 0 Å². The second-order valence-electron chi connectivity index (χ2n) is 7.62. The molecule has 1 aliphatic carbocycles. The van der Waals surface area contributed by atoms with E-state index in [0.29, 0.717) is 50.0 Å². The van der Waals surface area contributed by atoms with Crippen LogP contribution in [0.25, 0.3) is 11.5 Å². The van der Waals surface area contributed by atoms with E-state index in [-0.39, 0.29) is 12.3 Å². The van der Waals surface area contributed by atoms with Gasteiger partial charge in [0.1, 0.15) is 17.9 Å². The number of nitrogens with zero attached hydrogens (tertiary/aromatic N) is 6. The van der Waals surface area contributed by atoms with Crippen molar-refractivity contribution in [2.45, 2.75) is 45.1 Å². The molecular weight excluding hydrogens is 394 g/mol. The number of fused-ring (bicyclic) bond motifs is 1. The van der Waals surface area contributed by atoms with Gasteiger partial charge in [-0.3, -0.25) is 9.79 Å². The van der Waals surface area contributed by atoms with E-state index in [0.717, 1.165) is 42.7 Å². The minimum Gasteiger partial charge on any atom is -0.459 e. The van der Waals surface area contributed by atoms with E-state index in [9.17, 15) is 4.79 Å². The minimum atomic E-state index is -0.153. The molecule has 1 amide bonds. The van der Waals surface area contributed by atoms with Gasteiger partial charge in [-0.25, -0.2) is 15.0 Å². The minimum absolute atomic E-state index is 0.101. The van der Waals surface area contributed by atoms with Gasteiger partial charge in [-0.15, -0.1) is 0 Å². The molecule has 2 aromatic heterocycles. The van der Waals surface area contributed by atoms with Gasteiger partial charge in [0.25, 0.3) is 0 Å². The van der Waals surface area contributed by atoms with Crippen LogP contribution in [0.4, 0.5) is 5.95 Å². The van der Waals surface area contributed by atoms with Crippen molar-refractivity contribution >= 4 is 23.3 Å². The molecule has 2 N–H and O–H groups in total. The second kappa shape index (κ2) is 9.62. The SMILES string of the molecule is N#CCC(=O)N1CCc2oc(-c3ccnc(N=C4CCC(=NCCN)CC4)n3)cc2C1. The molecule has 4 rings (SSSR count). The van der Waals surface area contributed by atoms with Crippen molar-refractivity contribution in [2.24, 2.45) is 15.7 Å². The van der Waals surface area contributed by atoms with Crippen LogP contribution in [0.1, 0.15) is 43.4 Å². The van der Waals surface area contributed by atoms with Gasteiger partial charge < -0.3 is 15.1 Å². The molecule has 0 unspecified atom stereocenters. The van der Waals surface area contributed by atoms with E-state index < -0.39 is 0 Å². The smallest absolute Gasteiger partial charge is 0.249 e. The molecule has 3 heterocycles. The highest BCUT2D eigenvalue weighted by atomic mass is 16.3. The first-order valence-electron chi connectivity index (χ1n) is 10.5. The van der Waals surface area contributed by atoms with Crippen LogP contribution in [0.5, 0.6) is 0 Å². The third kappa shape index (κ3) is 5.03. The monoisotopic (exact) mass is 419 g/mol. The summed E-state index contributed by atoms with van der Waals surface area (Å²) in [5.74, 6) is 1.78. The molecule has 2 aromatic rings. The van der Waals surface area contributed by atoms with Crippen molar-refractivity contribution in [3.05, 3.63) is 29.7 Å². The molecule has 0 spiro atoms. The average molecular weight is 419 g/mol. The Hall–Kier alpha value is -3.38. The maximum Gasteiger partial charge on any atom is 0.249 e. The van der Waals surface area contributed by atoms with Gasteiger partial charge in [0.2, 0.25) is 11.9 Å². The third-order valence-corrected chi connectivity index (χ3v) is 5.47. The Morgan fingerprint density at radius 1 is 1.26 bits per heavy atom. The van der Waals surface area contributed by atoms with Crippen LogP contribution < -0.4 is 5.73 Å². The first kappa shape index (κ1) is 20.9. The quantitative estimate of drug-likeness (QED) is 0.792. The van der Waals surface area contributed by atoms with Gasteiger partial charge in [0.15, 0.2) is 5.76 Å². The lowest BCUT2D eigenvalue weighted by Gasteiger charge is -2.25. The molecule has 2 aliphatic rings. The van der Waals surface area contributed by atoms with Crippen LogP contribution in [-0.2, 0) is 17.8 Å². The van der Waals surface area contributed by atoms with Gasteiger partial charge in [-0.2, -0.15) is 5.26 Å². The zero-order chi connectivity index (χ0) is 21.6. The van der Waals surface area contributed by atoms with Crippen molar-refractivity contribution in [2.75, 3.05) is 19.6 Å². The van der Waals surface area contributed by atoms with E-state index in [1.165, 1.54) is 5.71 Å². The molecule has 1 fully saturated rings. The fourth-order valence-electron chi connectivity index (χ4n) is 3.85. The van der Waals surface area contributed by atoms with Crippen LogP contribution in [0.15, 0.2) is 32.7 Å². The van der Waals surface area contributed by atoms with E-state index in [4.69, 9.17) is 15.4 Å². The number of carbonyl (C=O) groups is 1. The largest absolute Gasteiger partial charge is 0.459 e. The number of aliphatic imine (C=N–C) groups is 2. The number of nitriles is 1. The molecule has 0 radical (unpaired) electrons. The third-order valence-electron chi connectivity index (χ3n) is 5.47. The van der Waals surface area contributed by atoms with E-state index in [1.807, 2.05) is 12.1 Å². The number of carbonyl (C=O) groups excluding carboxylic acids is 1. The molecule has 9 nitrogen and oxygen atoms in total. The molecule has 0 atom stereocenters. The molecule has 0 bridgehead atoms. The Morgan fingerprint density at radius 3 is 2.84 bits per heavy atom. The molecule has 0 saturated heterocycles. The van der Waals surface area contributed by atoms with Crippen LogP contribution in [0.3, 0.4) is 0 Å². The first-order chi connectivity index (χ1) is 15.2. The summed E-state index contributed by atoms with van der Waals surface area (Å²) in [5.41, 5.74) is 9.43. The summed E-state index contributed by atoms with van der Waals surface area (Å²) in [6.45, 7) is 2.27. The van der Waals surface area contributed by atoms with Gasteiger partial charge in [0.05, 0.1) is 12.6 Å². The lowest BCUT2D eigenvalue weighted by atomic mass is 9.96. The first-order valence-corrected chi connectivity index (χ1v) is 10.5. The molecule has 1 saturated carbocycles. The van der Waals surface area contributed by atoms with Crippen molar-refractivity contribution in [1.82, 2.24) is 14.9 Å². The molecule has 160 valence electrons. The number of furan rings is 1. The normalized spacial score (nSPS) is 15.9. The van der Waals surface area contributed by atoms with Crippen LogP contribution in [-0.4, -0.2) is 51.8 Å². The summed E-state index contributed by atoms with van der Waals surface area (Å²) < 4.78 is 6.01. The highest BCUT2D eigenvalue weighted by molar-refractivity contribution is 5.98. The van der Waals surface area contributed by atoms with Crippen molar-refractivity contribution in [1.29, 1.82) is 5.26 Å². The van der Waals surface area contributed by atoms with Crippen LogP contribution in [0.2, 0.25) is 0 Å². The summed E-state index contributed by atoms with van der Waals surface area (Å²) in [7, 11) is 0. The standard InChI is InChI=1S/C22H25N7O2/c23-8-5-21(30)29-12-7-19-15(14-29)13-20(31-19)18-6-10-26-22(28-18)27-17-3-1-16(2-4-17)25-11-9-24/h6,10,13H,1-5,7,9,11-12,14,24H2.